The first-order chi connectivity index (χ1) is 6.57. The second-order valence-corrected chi connectivity index (χ2v) is 3.93. The molecule has 4 heteroatoms. The molecule has 0 aromatic carbocycles. The van der Waals surface area contributed by atoms with Crippen molar-refractivity contribution in [1.82, 2.24) is 0 Å². The zero-order chi connectivity index (χ0) is 10.3. The van der Waals surface area contributed by atoms with Crippen molar-refractivity contribution < 1.29 is 14.6 Å². The normalized spacial score (nSPS) is 28.4. The molecule has 2 fully saturated rings. The molecule has 0 atom stereocenters. The standard InChI is InChI=1S/C10H13NO3/c1-6(12)7-8(11)10(14-9(7)13)4-2-3-5-10/h11-12H,2-5H2,1H3/b7-6+,11-8?. The minimum Gasteiger partial charge on any atom is -0.512 e. The Morgan fingerprint density at radius 1 is 1.50 bits per heavy atom. The van der Waals surface area contributed by atoms with Crippen LogP contribution >= 0.6 is 0 Å². The van der Waals surface area contributed by atoms with E-state index in [9.17, 15) is 9.90 Å². The van der Waals surface area contributed by atoms with Gasteiger partial charge in [-0.2, -0.15) is 0 Å². The van der Waals surface area contributed by atoms with Crippen LogP contribution in [-0.2, 0) is 9.53 Å². The van der Waals surface area contributed by atoms with E-state index < -0.39 is 11.6 Å². The molecule has 1 saturated heterocycles. The molecular formula is C10H13NO3. The Morgan fingerprint density at radius 2 is 2.07 bits per heavy atom. The van der Waals surface area contributed by atoms with E-state index in [-0.39, 0.29) is 17.0 Å². The van der Waals surface area contributed by atoms with Crippen LogP contribution in [0.5, 0.6) is 0 Å². The van der Waals surface area contributed by atoms with E-state index in [0.717, 1.165) is 12.8 Å². The number of hydrogen-bond donors (Lipinski definition) is 2. The van der Waals surface area contributed by atoms with Crippen molar-refractivity contribution in [2.45, 2.75) is 38.2 Å². The average Bonchev–Trinajstić information content (AvgIpc) is 2.61. The van der Waals surface area contributed by atoms with Crippen LogP contribution in [0.1, 0.15) is 32.6 Å². The van der Waals surface area contributed by atoms with Gasteiger partial charge in [-0.05, 0) is 32.6 Å². The van der Waals surface area contributed by atoms with Gasteiger partial charge in [0.15, 0.2) is 5.60 Å². The van der Waals surface area contributed by atoms with E-state index in [2.05, 4.69) is 0 Å². The van der Waals surface area contributed by atoms with Gasteiger partial charge in [0, 0.05) is 0 Å². The molecule has 2 N–H and O–H groups in total. The molecule has 1 heterocycles. The Labute approximate surface area is 82.1 Å². The highest BCUT2D eigenvalue weighted by molar-refractivity contribution is 6.26. The Balaban J connectivity index is 2.41. The van der Waals surface area contributed by atoms with E-state index >= 15 is 0 Å². The first kappa shape index (κ1) is 9.24. The summed E-state index contributed by atoms with van der Waals surface area (Å²) in [7, 11) is 0. The van der Waals surface area contributed by atoms with Gasteiger partial charge in [-0.15, -0.1) is 0 Å². The number of carbonyl (C=O) groups excluding carboxylic acids is 1. The summed E-state index contributed by atoms with van der Waals surface area (Å²) >= 11 is 0. The Morgan fingerprint density at radius 3 is 2.50 bits per heavy atom. The lowest BCUT2D eigenvalue weighted by molar-refractivity contribution is -0.144. The van der Waals surface area contributed by atoms with Crippen molar-refractivity contribution in [3.63, 3.8) is 0 Å². The summed E-state index contributed by atoms with van der Waals surface area (Å²) in [5, 5.41) is 17.1. The maximum absolute atomic E-state index is 11.4. The smallest absolute Gasteiger partial charge is 0.344 e. The maximum Gasteiger partial charge on any atom is 0.344 e. The van der Waals surface area contributed by atoms with E-state index in [1.807, 2.05) is 0 Å². The third kappa shape index (κ3) is 1.06. The lowest BCUT2D eigenvalue weighted by Crippen LogP contribution is -2.32. The van der Waals surface area contributed by atoms with Gasteiger partial charge in [0.25, 0.3) is 0 Å². The number of aliphatic hydroxyl groups is 1. The number of hydrogen-bond acceptors (Lipinski definition) is 4. The molecule has 0 amide bonds. The third-order valence-corrected chi connectivity index (χ3v) is 2.97. The lowest BCUT2D eigenvalue weighted by atomic mass is 9.93. The minimum absolute atomic E-state index is 0.0619. The summed E-state index contributed by atoms with van der Waals surface area (Å²) in [5.41, 5.74) is -0.483. The molecule has 2 aliphatic rings. The molecule has 0 unspecified atom stereocenters. The molecule has 2 rings (SSSR count). The summed E-state index contributed by atoms with van der Waals surface area (Å²) in [6.45, 7) is 1.42. The molecule has 0 radical (unpaired) electrons. The maximum atomic E-state index is 11.4. The monoisotopic (exact) mass is 195 g/mol. The molecule has 1 aliphatic heterocycles. The fraction of sp³-hybridized carbons (Fsp3) is 0.600. The van der Waals surface area contributed by atoms with Gasteiger partial charge in [-0.1, -0.05) is 0 Å². The van der Waals surface area contributed by atoms with Crippen molar-refractivity contribution in [3.8, 4) is 0 Å². The first-order valence-electron chi connectivity index (χ1n) is 4.79. The number of allylic oxidation sites excluding steroid dienone is 1. The lowest BCUT2D eigenvalue weighted by Gasteiger charge is -2.20. The number of carbonyl (C=O) groups is 1. The zero-order valence-corrected chi connectivity index (χ0v) is 8.09. The van der Waals surface area contributed by atoms with E-state index in [0.29, 0.717) is 12.8 Å². The summed E-state index contributed by atoms with van der Waals surface area (Å²) in [6.07, 6.45) is 3.39. The van der Waals surface area contributed by atoms with Gasteiger partial charge < -0.3 is 15.3 Å². The number of esters is 1. The van der Waals surface area contributed by atoms with Crippen LogP contribution in [-0.4, -0.2) is 22.4 Å². The summed E-state index contributed by atoms with van der Waals surface area (Å²) in [5.74, 6) is -0.652. The number of rotatable bonds is 0. The average molecular weight is 195 g/mol. The molecule has 76 valence electrons. The van der Waals surface area contributed by atoms with Crippen molar-refractivity contribution in [2.75, 3.05) is 0 Å². The molecule has 0 aromatic heterocycles. The van der Waals surface area contributed by atoms with Gasteiger partial charge in [-0.3, -0.25) is 0 Å². The van der Waals surface area contributed by atoms with E-state index in [1.165, 1.54) is 6.92 Å². The third-order valence-electron chi connectivity index (χ3n) is 2.97. The van der Waals surface area contributed by atoms with Crippen molar-refractivity contribution in [3.05, 3.63) is 11.3 Å². The van der Waals surface area contributed by atoms with Crippen LogP contribution < -0.4 is 0 Å². The van der Waals surface area contributed by atoms with Crippen LogP contribution in [0.4, 0.5) is 0 Å². The SMILES string of the molecule is C/C(O)=C1/C(=N)C2(CCCC2)OC1=O. The van der Waals surface area contributed by atoms with Gasteiger partial charge in [0.1, 0.15) is 11.3 Å². The molecular weight excluding hydrogens is 182 g/mol. The first-order valence-corrected chi connectivity index (χ1v) is 4.79. The molecule has 0 bridgehead atoms. The van der Waals surface area contributed by atoms with Crippen molar-refractivity contribution >= 4 is 11.7 Å². The molecule has 1 aliphatic carbocycles. The zero-order valence-electron chi connectivity index (χ0n) is 8.09. The highest BCUT2D eigenvalue weighted by Crippen LogP contribution is 2.41. The molecule has 1 saturated carbocycles. The van der Waals surface area contributed by atoms with Gasteiger partial charge in [-0.25, -0.2) is 4.79 Å². The minimum atomic E-state index is -0.712. The van der Waals surface area contributed by atoms with Crippen molar-refractivity contribution in [1.29, 1.82) is 5.41 Å². The Bertz CT molecular complexity index is 333. The van der Waals surface area contributed by atoms with Crippen LogP contribution in [0.2, 0.25) is 0 Å². The summed E-state index contributed by atoms with van der Waals surface area (Å²) in [6, 6.07) is 0. The second kappa shape index (κ2) is 2.83. The molecule has 4 nitrogen and oxygen atoms in total. The fourth-order valence-corrected chi connectivity index (χ4v) is 2.24. The van der Waals surface area contributed by atoms with Crippen LogP contribution in [0.15, 0.2) is 11.3 Å². The predicted octanol–water partition coefficient (Wildman–Crippen LogP) is 1.71. The van der Waals surface area contributed by atoms with Crippen molar-refractivity contribution in [2.24, 2.45) is 0 Å². The van der Waals surface area contributed by atoms with Gasteiger partial charge in [0.2, 0.25) is 0 Å². The number of aliphatic hydroxyl groups excluding tert-OH is 1. The van der Waals surface area contributed by atoms with E-state index in [1.54, 1.807) is 0 Å². The molecule has 14 heavy (non-hydrogen) atoms. The highest BCUT2D eigenvalue weighted by Gasteiger charge is 2.51. The fourth-order valence-electron chi connectivity index (χ4n) is 2.24. The quantitative estimate of drug-likeness (QED) is 0.351. The number of nitrogens with one attached hydrogen (secondary N) is 1. The van der Waals surface area contributed by atoms with Crippen LogP contribution in [0.25, 0.3) is 0 Å². The molecule has 0 aromatic rings. The number of ether oxygens (including phenoxy) is 1. The van der Waals surface area contributed by atoms with Crippen LogP contribution in [0, 0.1) is 5.41 Å². The predicted molar refractivity (Wildman–Crippen MR) is 50.3 cm³/mol. The van der Waals surface area contributed by atoms with Gasteiger partial charge in [0.05, 0.1) is 5.71 Å². The Kier molecular flexibility index (Phi) is 1.87. The topological polar surface area (TPSA) is 70.4 Å². The van der Waals surface area contributed by atoms with Crippen LogP contribution in [0.3, 0.4) is 0 Å². The summed E-state index contributed by atoms with van der Waals surface area (Å²) in [4.78, 5) is 11.4. The van der Waals surface area contributed by atoms with E-state index in [4.69, 9.17) is 10.1 Å². The largest absolute Gasteiger partial charge is 0.512 e. The Hall–Kier alpha value is -1.32. The molecule has 1 spiro atoms. The summed E-state index contributed by atoms with van der Waals surface area (Å²) < 4.78 is 5.21. The second-order valence-electron chi connectivity index (χ2n) is 3.93. The highest BCUT2D eigenvalue weighted by atomic mass is 16.6. The van der Waals surface area contributed by atoms with Gasteiger partial charge >= 0.3 is 5.97 Å².